The molecular formula is C20H19NO3S. The van der Waals surface area contributed by atoms with Crippen LogP contribution in [-0.4, -0.2) is 11.1 Å². The van der Waals surface area contributed by atoms with Gasteiger partial charge < -0.3 is 4.42 Å². The summed E-state index contributed by atoms with van der Waals surface area (Å²) in [6.45, 7) is 2.15. The lowest BCUT2D eigenvalue weighted by Gasteiger charge is -2.13. The molecule has 2 heterocycles. The Morgan fingerprint density at radius 1 is 1.16 bits per heavy atom. The minimum Gasteiger partial charge on any atom is -0.465 e. The number of carbonyl (C=O) groups is 2. The Hall–Kier alpha value is -2.53. The molecule has 0 N–H and O–H groups in total. The summed E-state index contributed by atoms with van der Waals surface area (Å²) in [7, 11) is 0. The van der Waals surface area contributed by atoms with E-state index < -0.39 is 0 Å². The molecule has 5 heteroatoms. The van der Waals surface area contributed by atoms with Gasteiger partial charge in [0.1, 0.15) is 5.76 Å². The molecule has 0 atom stereocenters. The number of thioether (sulfide) groups is 1. The van der Waals surface area contributed by atoms with Crippen LogP contribution in [0.25, 0.3) is 6.08 Å². The Morgan fingerprint density at radius 2 is 1.96 bits per heavy atom. The van der Waals surface area contributed by atoms with E-state index in [4.69, 9.17) is 4.42 Å². The minimum atomic E-state index is -0.291. The standard InChI is InChI=1S/C20H19NO3S/c1-2-3-6-15-10-12-16(13-11-15)21-19(22)18(25-20(21)23)9-4-7-17-8-5-14-24-17/h4-5,7-14H,2-3,6H2,1H3/b7-4+,18-9+. The topological polar surface area (TPSA) is 50.5 Å². The van der Waals surface area contributed by atoms with Crippen LogP contribution in [0.5, 0.6) is 0 Å². The summed E-state index contributed by atoms with van der Waals surface area (Å²) in [5, 5.41) is -0.274. The Kier molecular flexibility index (Phi) is 5.56. The molecule has 1 fully saturated rings. The third-order valence-corrected chi connectivity index (χ3v) is 4.75. The molecule has 1 aromatic heterocycles. The van der Waals surface area contributed by atoms with Gasteiger partial charge in [0.15, 0.2) is 0 Å². The number of hydrogen-bond donors (Lipinski definition) is 0. The molecule has 0 spiro atoms. The van der Waals surface area contributed by atoms with Gasteiger partial charge in [0.05, 0.1) is 16.9 Å². The van der Waals surface area contributed by atoms with Crippen LogP contribution in [-0.2, 0) is 11.2 Å². The molecule has 2 aromatic rings. The average Bonchev–Trinajstić information content (AvgIpc) is 3.22. The summed E-state index contributed by atoms with van der Waals surface area (Å²) >= 11 is 0.949. The molecule has 1 aromatic carbocycles. The fourth-order valence-electron chi connectivity index (χ4n) is 2.51. The number of imide groups is 1. The molecule has 0 bridgehead atoms. The lowest BCUT2D eigenvalue weighted by atomic mass is 10.1. The van der Waals surface area contributed by atoms with E-state index in [9.17, 15) is 9.59 Å². The van der Waals surface area contributed by atoms with Crippen LogP contribution < -0.4 is 4.90 Å². The normalized spacial score (nSPS) is 16.5. The van der Waals surface area contributed by atoms with Crippen LogP contribution in [0.15, 0.2) is 64.1 Å². The lowest BCUT2D eigenvalue weighted by Crippen LogP contribution is -2.27. The molecule has 2 amide bonds. The van der Waals surface area contributed by atoms with Gasteiger partial charge in [-0.3, -0.25) is 9.59 Å². The van der Waals surface area contributed by atoms with Gasteiger partial charge in [-0.05, 0) is 66.6 Å². The van der Waals surface area contributed by atoms with E-state index in [-0.39, 0.29) is 11.1 Å². The van der Waals surface area contributed by atoms with Crippen LogP contribution >= 0.6 is 11.8 Å². The fourth-order valence-corrected chi connectivity index (χ4v) is 3.31. The highest BCUT2D eigenvalue weighted by atomic mass is 32.2. The number of unbranched alkanes of at least 4 members (excludes halogenated alkanes) is 1. The largest absolute Gasteiger partial charge is 0.465 e. The highest BCUT2D eigenvalue weighted by Gasteiger charge is 2.35. The van der Waals surface area contributed by atoms with E-state index in [1.165, 1.54) is 10.5 Å². The van der Waals surface area contributed by atoms with Crippen molar-refractivity contribution in [1.82, 2.24) is 0 Å². The van der Waals surface area contributed by atoms with Crippen molar-refractivity contribution >= 4 is 34.7 Å². The SMILES string of the molecule is CCCCc1ccc(N2C(=O)S/C(=C/C=C/c3ccco3)C2=O)cc1. The second-order valence-corrected chi connectivity index (χ2v) is 6.68. The first kappa shape index (κ1) is 17.3. The summed E-state index contributed by atoms with van der Waals surface area (Å²) in [6.07, 6.45) is 9.96. The molecular weight excluding hydrogens is 334 g/mol. The number of nitrogens with zero attached hydrogens (tertiary/aromatic N) is 1. The molecule has 0 saturated carbocycles. The van der Waals surface area contributed by atoms with Crippen molar-refractivity contribution in [3.8, 4) is 0 Å². The molecule has 25 heavy (non-hydrogen) atoms. The molecule has 1 aliphatic rings. The second-order valence-electron chi connectivity index (χ2n) is 5.68. The van der Waals surface area contributed by atoms with Gasteiger partial charge in [-0.2, -0.15) is 0 Å². The van der Waals surface area contributed by atoms with Crippen molar-refractivity contribution in [1.29, 1.82) is 0 Å². The molecule has 0 radical (unpaired) electrons. The van der Waals surface area contributed by atoms with Crippen molar-refractivity contribution in [3.63, 3.8) is 0 Å². The highest BCUT2D eigenvalue weighted by molar-refractivity contribution is 8.18. The van der Waals surface area contributed by atoms with E-state index in [0.29, 0.717) is 16.4 Å². The van der Waals surface area contributed by atoms with Crippen LogP contribution in [0.2, 0.25) is 0 Å². The maximum Gasteiger partial charge on any atom is 0.298 e. The van der Waals surface area contributed by atoms with Gasteiger partial charge in [-0.25, -0.2) is 4.90 Å². The van der Waals surface area contributed by atoms with Gasteiger partial charge in [-0.15, -0.1) is 0 Å². The zero-order valence-corrected chi connectivity index (χ0v) is 14.8. The number of allylic oxidation sites excluding steroid dienone is 2. The van der Waals surface area contributed by atoms with Gasteiger partial charge in [0, 0.05) is 0 Å². The first-order valence-electron chi connectivity index (χ1n) is 8.26. The predicted molar refractivity (Wildman–Crippen MR) is 101 cm³/mol. The second kappa shape index (κ2) is 8.03. The molecule has 4 nitrogen and oxygen atoms in total. The van der Waals surface area contributed by atoms with Crippen LogP contribution in [0, 0.1) is 0 Å². The summed E-state index contributed by atoms with van der Waals surface area (Å²) in [5.41, 5.74) is 1.83. The van der Waals surface area contributed by atoms with E-state index in [1.54, 1.807) is 30.6 Å². The summed E-state index contributed by atoms with van der Waals surface area (Å²) in [6, 6.07) is 11.2. The number of anilines is 1. The van der Waals surface area contributed by atoms with Crippen LogP contribution in [0.4, 0.5) is 10.5 Å². The fraction of sp³-hybridized carbons (Fsp3) is 0.200. The molecule has 1 aliphatic heterocycles. The van der Waals surface area contributed by atoms with Crippen molar-refractivity contribution in [2.75, 3.05) is 4.90 Å². The van der Waals surface area contributed by atoms with E-state index in [2.05, 4.69) is 6.92 Å². The smallest absolute Gasteiger partial charge is 0.298 e. The first-order chi connectivity index (χ1) is 12.2. The molecule has 1 saturated heterocycles. The molecule has 128 valence electrons. The van der Waals surface area contributed by atoms with Crippen molar-refractivity contribution in [2.24, 2.45) is 0 Å². The lowest BCUT2D eigenvalue weighted by molar-refractivity contribution is -0.113. The number of aryl methyl sites for hydroxylation is 1. The number of furan rings is 1. The Bertz CT molecular complexity index is 804. The monoisotopic (exact) mass is 353 g/mol. The van der Waals surface area contributed by atoms with E-state index in [1.807, 2.05) is 30.3 Å². The molecule has 0 unspecified atom stereocenters. The average molecular weight is 353 g/mol. The Morgan fingerprint density at radius 3 is 2.64 bits per heavy atom. The number of hydrogen-bond acceptors (Lipinski definition) is 4. The zero-order chi connectivity index (χ0) is 17.6. The third kappa shape index (κ3) is 4.12. The number of rotatable bonds is 6. The highest BCUT2D eigenvalue weighted by Crippen LogP contribution is 2.34. The van der Waals surface area contributed by atoms with Crippen LogP contribution in [0.3, 0.4) is 0 Å². The quantitative estimate of drug-likeness (QED) is 0.651. The Balaban J connectivity index is 1.72. The summed E-state index contributed by atoms with van der Waals surface area (Å²) in [4.78, 5) is 26.4. The van der Waals surface area contributed by atoms with Gasteiger partial charge in [-0.1, -0.05) is 31.6 Å². The van der Waals surface area contributed by atoms with E-state index in [0.717, 1.165) is 31.0 Å². The predicted octanol–water partition coefficient (Wildman–Crippen LogP) is 5.42. The maximum atomic E-state index is 12.5. The van der Waals surface area contributed by atoms with Gasteiger partial charge in [0.25, 0.3) is 11.1 Å². The zero-order valence-electron chi connectivity index (χ0n) is 14.0. The number of amides is 2. The summed E-state index contributed by atoms with van der Waals surface area (Å²) in [5.74, 6) is 0.401. The van der Waals surface area contributed by atoms with Gasteiger partial charge >= 0.3 is 0 Å². The van der Waals surface area contributed by atoms with Crippen molar-refractivity contribution in [3.05, 3.63) is 71.0 Å². The van der Waals surface area contributed by atoms with Crippen LogP contribution in [0.1, 0.15) is 31.1 Å². The minimum absolute atomic E-state index is 0.274. The van der Waals surface area contributed by atoms with Crippen molar-refractivity contribution < 1.29 is 14.0 Å². The Labute approximate surface area is 151 Å². The maximum absolute atomic E-state index is 12.5. The molecule has 3 rings (SSSR count). The van der Waals surface area contributed by atoms with Crippen molar-refractivity contribution in [2.45, 2.75) is 26.2 Å². The van der Waals surface area contributed by atoms with E-state index >= 15 is 0 Å². The number of carbonyl (C=O) groups excluding carboxylic acids is 2. The number of benzene rings is 1. The summed E-state index contributed by atoms with van der Waals surface area (Å²) < 4.78 is 5.19. The molecule has 0 aliphatic carbocycles. The third-order valence-electron chi connectivity index (χ3n) is 3.86. The first-order valence-corrected chi connectivity index (χ1v) is 9.08. The van der Waals surface area contributed by atoms with Gasteiger partial charge in [0.2, 0.25) is 0 Å².